The molecule has 0 aliphatic rings. The van der Waals surface area contributed by atoms with E-state index in [1.165, 1.54) is 12.1 Å². The molecule has 0 rings (SSSR count). The zero-order valence-electron chi connectivity index (χ0n) is 8.25. The number of methoxy groups -OCH3 is 1. The largest absolute Gasteiger partial charge is 0.553 e. The van der Waals surface area contributed by atoms with Crippen LogP contribution in [0, 0.1) is 0 Å². The normalized spacial score (nSPS) is 7.14. The fourth-order valence-corrected chi connectivity index (χ4v) is 0. The van der Waals surface area contributed by atoms with Crippen LogP contribution in [-0.2, 0) is 14.6 Å². The molecular weight excluding hydrogens is 327 g/mol. The van der Waals surface area contributed by atoms with Gasteiger partial charge >= 0.3 is 6.36 Å². The molecular formula is C9H25F9O3. The average Bonchev–Trinajstić information content (AvgIpc) is 2.30. The predicted molar refractivity (Wildman–Crippen MR) is 63.4 cm³/mol. The molecule has 0 N–H and O–H groups in total. The Morgan fingerprint density at radius 2 is 0.905 bits per heavy atom. The second-order valence-electron chi connectivity index (χ2n) is 1.24. The van der Waals surface area contributed by atoms with Crippen molar-refractivity contribution in [2.45, 2.75) is 36.1 Å². The minimum atomic E-state index is -5.12. The molecule has 0 aromatic rings. The zero-order chi connectivity index (χ0) is 14.7. The van der Waals surface area contributed by atoms with Crippen molar-refractivity contribution in [1.29, 1.82) is 0 Å². The summed E-state index contributed by atoms with van der Waals surface area (Å²) in [5.74, 6) is 0. The van der Waals surface area contributed by atoms with Crippen molar-refractivity contribution < 1.29 is 54.4 Å². The molecule has 142 valence electrons. The summed E-state index contributed by atoms with van der Waals surface area (Å²) in [5, 5.41) is 0. The van der Waals surface area contributed by atoms with E-state index >= 15 is 0 Å². The summed E-state index contributed by atoms with van der Waals surface area (Å²) in [6.07, 6.45) is -5.12. The van der Waals surface area contributed by atoms with E-state index in [4.69, 9.17) is 0 Å². The van der Waals surface area contributed by atoms with E-state index in [0.29, 0.717) is 0 Å². The Bertz CT molecular complexity index is 99.0. The van der Waals surface area contributed by atoms with E-state index in [1.54, 1.807) is 0 Å². The van der Waals surface area contributed by atoms with Gasteiger partial charge in [-0.1, -0.05) is 34.6 Å². The summed E-state index contributed by atoms with van der Waals surface area (Å²) in [4.78, 5) is 3.81. The van der Waals surface area contributed by atoms with Crippen molar-refractivity contribution in [2.24, 2.45) is 0 Å². The molecule has 0 aromatic heterocycles. The van der Waals surface area contributed by atoms with Gasteiger partial charge in [0.05, 0.1) is 0 Å². The van der Waals surface area contributed by atoms with Crippen LogP contribution in [0.5, 0.6) is 0 Å². The van der Waals surface area contributed by atoms with Crippen LogP contribution in [0.3, 0.4) is 0 Å². The smallest absolute Gasteiger partial charge is 0.354 e. The second-order valence-corrected chi connectivity index (χ2v) is 1.24. The van der Waals surface area contributed by atoms with Gasteiger partial charge in [-0.3, -0.25) is 0 Å². The van der Waals surface area contributed by atoms with Crippen LogP contribution in [0.1, 0.15) is 29.7 Å². The SMILES string of the molecule is C.C.C.C.COCF.FCF.FCOF.FOC(F)(F)F. The molecule has 0 atom stereocenters. The Kier molecular flexibility index (Phi) is 121. The van der Waals surface area contributed by atoms with Gasteiger partial charge in [0.1, 0.15) is 0 Å². The molecule has 0 aliphatic carbocycles. The first-order valence-corrected chi connectivity index (χ1v) is 3.13. The predicted octanol–water partition coefficient (Wildman–Crippen LogP) is 6.21. The van der Waals surface area contributed by atoms with Gasteiger partial charge in [-0.15, -0.1) is 13.2 Å². The summed E-state index contributed by atoms with van der Waals surface area (Å²) in [6.45, 7) is -3.78. The van der Waals surface area contributed by atoms with Gasteiger partial charge < -0.3 is 4.74 Å². The minimum Gasteiger partial charge on any atom is -0.354 e. The van der Waals surface area contributed by atoms with Crippen molar-refractivity contribution in [1.82, 2.24) is 0 Å². The first-order valence-electron chi connectivity index (χ1n) is 3.13. The molecule has 0 radical (unpaired) electrons. The van der Waals surface area contributed by atoms with Crippen molar-refractivity contribution in [3.05, 3.63) is 0 Å². The van der Waals surface area contributed by atoms with Crippen LogP contribution < -0.4 is 0 Å². The Balaban J connectivity index is -0.0000000173. The van der Waals surface area contributed by atoms with E-state index in [1.807, 2.05) is 0 Å². The van der Waals surface area contributed by atoms with E-state index in [2.05, 4.69) is 9.68 Å². The van der Waals surface area contributed by atoms with Crippen LogP contribution in [0.2, 0.25) is 0 Å². The number of ether oxygens (including phenoxy) is 1. The standard InChI is InChI=1S/C2H5FO.CF4O.CH2F2O.CH2F2.4CH4/c1-4-2-3;2-1(3,4)6-5;2-1-4-3;2-1-3;;;;/h2H2,1H3;;1H2;1H2;4*1H4. The van der Waals surface area contributed by atoms with Crippen LogP contribution in [-0.4, -0.2) is 34.1 Å². The monoisotopic (exact) mass is 352 g/mol. The highest BCUT2D eigenvalue weighted by molar-refractivity contribution is 4.11. The number of hydrogen-bond acceptors (Lipinski definition) is 3. The Morgan fingerprint density at radius 1 is 0.762 bits per heavy atom. The van der Waals surface area contributed by atoms with Crippen molar-refractivity contribution in [3.63, 3.8) is 0 Å². The van der Waals surface area contributed by atoms with Gasteiger partial charge in [0, 0.05) is 7.11 Å². The lowest BCUT2D eigenvalue weighted by Gasteiger charge is -1.91. The van der Waals surface area contributed by atoms with Gasteiger partial charge in [0.15, 0.2) is 6.86 Å². The highest BCUT2D eigenvalue weighted by atomic mass is 19.5. The lowest BCUT2D eigenvalue weighted by molar-refractivity contribution is -0.416. The molecule has 0 fully saturated rings. The van der Waals surface area contributed by atoms with Gasteiger partial charge in [-0.05, 0) is 9.05 Å². The molecule has 0 unspecified atom stereocenters. The average molecular weight is 352 g/mol. The maximum atomic E-state index is 10.5. The number of halogens is 9. The van der Waals surface area contributed by atoms with Crippen molar-refractivity contribution in [2.75, 3.05) is 27.8 Å². The number of alkyl halides is 7. The summed E-state index contributed by atoms with van der Waals surface area (Å²) >= 11 is 0. The van der Waals surface area contributed by atoms with Gasteiger partial charge in [-0.2, -0.15) is 4.94 Å². The van der Waals surface area contributed by atoms with Crippen LogP contribution in [0.4, 0.5) is 39.8 Å². The molecule has 0 heterocycles. The van der Waals surface area contributed by atoms with E-state index in [9.17, 15) is 39.8 Å². The molecule has 0 aliphatic heterocycles. The van der Waals surface area contributed by atoms with Gasteiger partial charge in [0.2, 0.25) is 13.8 Å². The number of rotatable bonds is 2. The van der Waals surface area contributed by atoms with Crippen molar-refractivity contribution >= 4 is 0 Å². The molecule has 0 amide bonds. The highest BCUT2D eigenvalue weighted by Gasteiger charge is 2.30. The maximum Gasteiger partial charge on any atom is 0.553 e. The fraction of sp³-hybridized carbons (Fsp3) is 1.00. The fourth-order valence-electron chi connectivity index (χ4n) is 0. The molecule has 21 heavy (non-hydrogen) atoms. The third-order valence-electron chi connectivity index (χ3n) is 0.238. The molecule has 3 nitrogen and oxygen atoms in total. The zero-order valence-corrected chi connectivity index (χ0v) is 8.25. The summed E-state index contributed by atoms with van der Waals surface area (Å²) < 4.78 is 94.0. The van der Waals surface area contributed by atoms with Crippen molar-refractivity contribution in [3.8, 4) is 0 Å². The minimum absolute atomic E-state index is 0. The second kappa shape index (κ2) is 50.7. The van der Waals surface area contributed by atoms with E-state index in [0.717, 1.165) is 0 Å². The third kappa shape index (κ3) is 317. The molecule has 0 saturated heterocycles. The summed E-state index contributed by atoms with van der Waals surface area (Å²) in [6, 6.07) is 0. The quantitative estimate of drug-likeness (QED) is 0.553. The van der Waals surface area contributed by atoms with Crippen LogP contribution in [0.15, 0.2) is 0 Å². The molecule has 0 spiro atoms. The summed E-state index contributed by atoms with van der Waals surface area (Å²) in [7, 11) is 1.31. The van der Waals surface area contributed by atoms with Crippen LogP contribution in [0.25, 0.3) is 0 Å². The Morgan fingerprint density at radius 3 is 0.905 bits per heavy atom. The topological polar surface area (TPSA) is 27.7 Å². The first kappa shape index (κ1) is 50.0. The maximum absolute atomic E-state index is 10.5. The highest BCUT2D eigenvalue weighted by Crippen LogP contribution is 2.15. The van der Waals surface area contributed by atoms with Gasteiger partial charge in [-0.25, -0.2) is 17.6 Å². The summed E-state index contributed by atoms with van der Waals surface area (Å²) in [5.41, 5.74) is 0. The molecule has 0 saturated carbocycles. The molecule has 12 heteroatoms. The third-order valence-corrected chi connectivity index (χ3v) is 0.238. The van der Waals surface area contributed by atoms with E-state index in [-0.39, 0.29) is 29.7 Å². The molecule has 0 bridgehead atoms. The lowest BCUT2D eigenvalue weighted by Crippen LogP contribution is -2.05. The van der Waals surface area contributed by atoms with E-state index < -0.39 is 27.0 Å². The lowest BCUT2D eigenvalue weighted by atomic mass is 11.4. The molecule has 0 aromatic carbocycles. The van der Waals surface area contributed by atoms with Gasteiger partial charge in [0.25, 0.3) is 0 Å². The Labute approximate surface area is 119 Å². The Hall–Kier alpha value is -0.750. The number of hydrogen-bond donors (Lipinski definition) is 0. The van der Waals surface area contributed by atoms with Crippen LogP contribution >= 0.6 is 0 Å². The first-order chi connectivity index (χ1) is 7.80.